The average Bonchev–Trinajstić information content (AvgIpc) is 3.59. The van der Waals surface area contributed by atoms with Gasteiger partial charge in [-0.1, -0.05) is 12.1 Å². The second kappa shape index (κ2) is 8.95. The summed E-state index contributed by atoms with van der Waals surface area (Å²) in [5.41, 5.74) is 4.42. The quantitative estimate of drug-likeness (QED) is 0.409. The highest BCUT2D eigenvalue weighted by atomic mass is 32.2. The van der Waals surface area contributed by atoms with Gasteiger partial charge in [0.2, 0.25) is 16.0 Å². The van der Waals surface area contributed by atoms with E-state index >= 15 is 0 Å². The van der Waals surface area contributed by atoms with E-state index in [0.29, 0.717) is 5.95 Å². The van der Waals surface area contributed by atoms with E-state index in [0.717, 1.165) is 67.3 Å². The number of rotatable bonds is 7. The Morgan fingerprint density at radius 2 is 1.77 bits per heavy atom. The molecule has 0 atom stereocenters. The van der Waals surface area contributed by atoms with Crippen LogP contribution in [0.25, 0.3) is 16.8 Å². The molecule has 1 saturated heterocycles. The molecule has 0 radical (unpaired) electrons. The first kappa shape index (κ1) is 22.0. The molecular weight excluding hydrogens is 464 g/mol. The van der Waals surface area contributed by atoms with Gasteiger partial charge < -0.3 is 15.0 Å². The fraction of sp³-hybridized carbons (Fsp3) is 0.280. The van der Waals surface area contributed by atoms with Crippen LogP contribution in [0.3, 0.4) is 0 Å². The van der Waals surface area contributed by atoms with Crippen molar-refractivity contribution >= 4 is 32.9 Å². The maximum absolute atomic E-state index is 12.7. The summed E-state index contributed by atoms with van der Waals surface area (Å²) in [4.78, 5) is 7.00. The molecule has 0 amide bonds. The first-order valence-corrected chi connectivity index (χ1v) is 13.2. The van der Waals surface area contributed by atoms with Gasteiger partial charge in [0.05, 0.1) is 35.5 Å². The van der Waals surface area contributed by atoms with Crippen LogP contribution < -0.4 is 14.9 Å². The largest absolute Gasteiger partial charge is 0.378 e. The van der Waals surface area contributed by atoms with Crippen LogP contribution in [0.4, 0.5) is 17.3 Å². The molecule has 180 valence electrons. The number of ether oxygens (including phenoxy) is 1. The minimum absolute atomic E-state index is 0.0575. The van der Waals surface area contributed by atoms with Crippen molar-refractivity contribution < 1.29 is 13.2 Å². The Hall–Kier alpha value is -3.47. The minimum atomic E-state index is -3.54. The van der Waals surface area contributed by atoms with E-state index in [-0.39, 0.29) is 10.9 Å². The zero-order chi connectivity index (χ0) is 23.8. The number of aromatic nitrogens is 3. The van der Waals surface area contributed by atoms with Crippen molar-refractivity contribution in [2.75, 3.05) is 36.5 Å². The number of hydrogen-bond donors (Lipinski definition) is 2. The van der Waals surface area contributed by atoms with E-state index in [4.69, 9.17) is 4.74 Å². The maximum atomic E-state index is 12.7. The van der Waals surface area contributed by atoms with Gasteiger partial charge in [-0.15, -0.1) is 5.10 Å². The highest BCUT2D eigenvalue weighted by Crippen LogP contribution is 2.27. The molecule has 0 bridgehead atoms. The number of morpholine rings is 1. The van der Waals surface area contributed by atoms with Crippen molar-refractivity contribution in [1.82, 2.24) is 19.3 Å². The third-order valence-corrected chi connectivity index (χ3v) is 7.76. The summed E-state index contributed by atoms with van der Waals surface area (Å²) < 4.78 is 35.3. The van der Waals surface area contributed by atoms with Gasteiger partial charge in [0.15, 0.2) is 0 Å². The van der Waals surface area contributed by atoms with Crippen LogP contribution in [-0.2, 0) is 14.8 Å². The maximum Gasteiger partial charge on any atom is 0.245 e. The number of hydrogen-bond acceptors (Lipinski definition) is 7. The summed E-state index contributed by atoms with van der Waals surface area (Å²) in [5.74, 6) is 0.452. The predicted octanol–water partition coefficient (Wildman–Crippen LogP) is 3.42. The number of anilines is 3. The standard InChI is InChI=1S/C25H26N6O3S/c32-35(33,29-20-4-5-20)23-3-1-2-18(16-23)24-11-10-22-17-26-25(28-31(22)24)27-19-6-8-21(9-7-19)30-12-14-34-15-13-30/h1-3,6-11,16-17,20,29H,4-5,12-15H2,(H,27,28). The Kier molecular flexibility index (Phi) is 5.63. The lowest BCUT2D eigenvalue weighted by Gasteiger charge is -2.28. The Morgan fingerprint density at radius 1 is 0.971 bits per heavy atom. The third-order valence-electron chi connectivity index (χ3n) is 6.24. The van der Waals surface area contributed by atoms with Crippen molar-refractivity contribution in [2.24, 2.45) is 0 Å². The molecule has 1 aliphatic heterocycles. The molecule has 2 aromatic heterocycles. The second-order valence-electron chi connectivity index (χ2n) is 8.83. The van der Waals surface area contributed by atoms with Crippen molar-refractivity contribution in [3.05, 3.63) is 66.9 Å². The lowest BCUT2D eigenvalue weighted by molar-refractivity contribution is 0.122. The van der Waals surface area contributed by atoms with Crippen LogP contribution >= 0.6 is 0 Å². The van der Waals surface area contributed by atoms with Crippen LogP contribution in [-0.4, -0.2) is 55.4 Å². The summed E-state index contributed by atoms with van der Waals surface area (Å²) in [6.45, 7) is 3.28. The van der Waals surface area contributed by atoms with Gasteiger partial charge >= 0.3 is 0 Å². The van der Waals surface area contributed by atoms with Crippen molar-refractivity contribution in [3.8, 4) is 11.3 Å². The molecule has 3 heterocycles. The molecule has 1 aliphatic carbocycles. The Bertz CT molecular complexity index is 1460. The molecule has 1 saturated carbocycles. The van der Waals surface area contributed by atoms with Crippen LogP contribution in [0.2, 0.25) is 0 Å². The normalized spacial score (nSPS) is 16.5. The molecule has 0 unspecified atom stereocenters. The Labute approximate surface area is 203 Å². The van der Waals surface area contributed by atoms with E-state index in [1.807, 2.05) is 30.3 Å². The first-order chi connectivity index (χ1) is 17.0. The second-order valence-corrected chi connectivity index (χ2v) is 10.5. The smallest absolute Gasteiger partial charge is 0.245 e. The van der Waals surface area contributed by atoms with Gasteiger partial charge in [0, 0.05) is 36.1 Å². The molecular formula is C25H26N6O3S. The summed E-state index contributed by atoms with van der Waals surface area (Å²) in [7, 11) is -3.54. The van der Waals surface area contributed by atoms with Gasteiger partial charge in [-0.3, -0.25) is 0 Å². The van der Waals surface area contributed by atoms with Crippen LogP contribution in [0.1, 0.15) is 12.8 Å². The number of benzene rings is 2. The Morgan fingerprint density at radius 3 is 2.54 bits per heavy atom. The molecule has 35 heavy (non-hydrogen) atoms. The van der Waals surface area contributed by atoms with E-state index in [9.17, 15) is 8.42 Å². The molecule has 6 rings (SSSR count). The zero-order valence-corrected chi connectivity index (χ0v) is 19.9. The van der Waals surface area contributed by atoms with E-state index in [1.165, 1.54) is 0 Å². The molecule has 4 aromatic rings. The monoisotopic (exact) mass is 490 g/mol. The minimum Gasteiger partial charge on any atom is -0.378 e. The topological polar surface area (TPSA) is 101 Å². The van der Waals surface area contributed by atoms with Crippen molar-refractivity contribution in [1.29, 1.82) is 0 Å². The van der Waals surface area contributed by atoms with Gasteiger partial charge in [-0.2, -0.15) is 0 Å². The van der Waals surface area contributed by atoms with Crippen LogP contribution in [0.15, 0.2) is 71.8 Å². The van der Waals surface area contributed by atoms with Gasteiger partial charge in [0.1, 0.15) is 0 Å². The molecule has 0 spiro atoms. The van der Waals surface area contributed by atoms with Crippen molar-refractivity contribution in [2.45, 2.75) is 23.8 Å². The third kappa shape index (κ3) is 4.72. The van der Waals surface area contributed by atoms with Crippen molar-refractivity contribution in [3.63, 3.8) is 0 Å². The molecule has 2 aliphatic rings. The molecule has 9 nitrogen and oxygen atoms in total. The predicted molar refractivity (Wildman–Crippen MR) is 135 cm³/mol. The molecule has 2 fully saturated rings. The highest BCUT2D eigenvalue weighted by Gasteiger charge is 2.28. The van der Waals surface area contributed by atoms with Crippen LogP contribution in [0, 0.1) is 0 Å². The number of nitrogens with one attached hydrogen (secondary N) is 2. The fourth-order valence-corrected chi connectivity index (χ4v) is 5.55. The van der Waals surface area contributed by atoms with Crippen LogP contribution in [0.5, 0.6) is 0 Å². The SMILES string of the molecule is O=S(=O)(NC1CC1)c1cccc(-c2ccc3cnc(Nc4ccc(N5CCOCC5)cc4)nn23)c1. The van der Waals surface area contributed by atoms with E-state index in [2.05, 4.69) is 37.2 Å². The summed E-state index contributed by atoms with van der Waals surface area (Å²) in [6, 6.07) is 19.0. The van der Waals surface area contributed by atoms with E-state index in [1.54, 1.807) is 28.9 Å². The fourth-order valence-electron chi connectivity index (χ4n) is 4.19. The molecule has 10 heteroatoms. The average molecular weight is 491 g/mol. The summed E-state index contributed by atoms with van der Waals surface area (Å²) >= 11 is 0. The summed E-state index contributed by atoms with van der Waals surface area (Å²) in [5, 5.41) is 7.94. The lowest BCUT2D eigenvalue weighted by atomic mass is 10.2. The van der Waals surface area contributed by atoms with Gasteiger partial charge in [0.25, 0.3) is 0 Å². The first-order valence-electron chi connectivity index (χ1n) is 11.7. The van der Waals surface area contributed by atoms with E-state index < -0.39 is 10.0 Å². The lowest BCUT2D eigenvalue weighted by Crippen LogP contribution is -2.36. The van der Waals surface area contributed by atoms with Gasteiger partial charge in [-0.25, -0.2) is 22.6 Å². The molecule has 2 aromatic carbocycles. The number of nitrogens with zero attached hydrogens (tertiary/aromatic N) is 4. The molecule has 2 N–H and O–H groups in total. The zero-order valence-electron chi connectivity index (χ0n) is 19.1. The van der Waals surface area contributed by atoms with Gasteiger partial charge in [-0.05, 0) is 61.4 Å². The number of sulfonamides is 1. The summed E-state index contributed by atoms with van der Waals surface area (Å²) in [6.07, 6.45) is 3.53. The Balaban J connectivity index is 1.25. The number of fused-ring (bicyclic) bond motifs is 1. The highest BCUT2D eigenvalue weighted by molar-refractivity contribution is 7.89.